The molecule has 0 aliphatic heterocycles. The summed E-state index contributed by atoms with van der Waals surface area (Å²) < 4.78 is 47.5. The second-order valence-corrected chi connectivity index (χ2v) is 5.82. The first-order valence-electron chi connectivity index (χ1n) is 6.38. The molecular formula is C16H13F3INO. The van der Waals surface area contributed by atoms with Crippen LogP contribution < -0.4 is 10.5 Å². The summed E-state index contributed by atoms with van der Waals surface area (Å²) in [4.78, 5) is 0. The molecule has 2 rings (SSSR count). The molecule has 2 N–H and O–H groups in total. The third kappa shape index (κ3) is 3.55. The van der Waals surface area contributed by atoms with E-state index in [1.54, 1.807) is 6.07 Å². The van der Waals surface area contributed by atoms with Gasteiger partial charge in [0, 0.05) is 21.6 Å². The van der Waals surface area contributed by atoms with E-state index in [1.807, 2.05) is 22.6 Å². The zero-order chi connectivity index (χ0) is 16.3. The van der Waals surface area contributed by atoms with Crippen molar-refractivity contribution in [1.29, 1.82) is 0 Å². The van der Waals surface area contributed by atoms with E-state index in [2.05, 4.69) is 6.58 Å². The third-order valence-electron chi connectivity index (χ3n) is 3.06. The van der Waals surface area contributed by atoms with Gasteiger partial charge < -0.3 is 10.5 Å². The first-order valence-corrected chi connectivity index (χ1v) is 7.46. The highest BCUT2D eigenvalue weighted by Crippen LogP contribution is 2.32. The summed E-state index contributed by atoms with van der Waals surface area (Å²) in [5.41, 5.74) is 5.89. The maximum atomic E-state index is 14.0. The van der Waals surface area contributed by atoms with Crippen LogP contribution >= 0.6 is 22.6 Å². The van der Waals surface area contributed by atoms with Gasteiger partial charge >= 0.3 is 0 Å². The molecule has 0 aliphatic rings. The normalized spacial score (nSPS) is 10.5. The summed E-state index contributed by atoms with van der Waals surface area (Å²) in [6.45, 7) is 3.58. The summed E-state index contributed by atoms with van der Waals surface area (Å²) in [6, 6.07) is 5.40. The van der Waals surface area contributed by atoms with E-state index in [9.17, 15) is 13.2 Å². The summed E-state index contributed by atoms with van der Waals surface area (Å²) in [5, 5.41) is 0. The van der Waals surface area contributed by atoms with E-state index in [4.69, 9.17) is 10.5 Å². The Balaban J connectivity index is 2.44. The average Bonchev–Trinajstić information content (AvgIpc) is 2.48. The van der Waals surface area contributed by atoms with Crippen LogP contribution in [0.25, 0.3) is 0 Å². The van der Waals surface area contributed by atoms with Gasteiger partial charge in [-0.15, -0.1) is 0 Å². The Bertz CT molecular complexity index is 719. The number of rotatable bonds is 5. The summed E-state index contributed by atoms with van der Waals surface area (Å²) in [7, 11) is 0. The van der Waals surface area contributed by atoms with Crippen LogP contribution in [0.15, 0.2) is 36.9 Å². The van der Waals surface area contributed by atoms with Crippen LogP contribution in [-0.4, -0.2) is 6.61 Å². The molecule has 2 aromatic rings. The van der Waals surface area contributed by atoms with Crippen LogP contribution in [0.2, 0.25) is 0 Å². The number of nitrogens with two attached hydrogens (primary N) is 1. The van der Waals surface area contributed by atoms with Gasteiger partial charge in [0.1, 0.15) is 18.2 Å². The molecule has 0 amide bonds. The molecule has 0 spiro atoms. The Hall–Kier alpha value is -1.70. The van der Waals surface area contributed by atoms with Crippen LogP contribution in [-0.2, 0) is 6.42 Å². The summed E-state index contributed by atoms with van der Waals surface area (Å²) >= 11 is 1.96. The lowest BCUT2D eigenvalue weighted by molar-refractivity contribution is 0.359. The molecule has 0 radical (unpaired) electrons. The van der Waals surface area contributed by atoms with Crippen molar-refractivity contribution in [3.05, 3.63) is 69.1 Å². The third-order valence-corrected chi connectivity index (χ3v) is 3.73. The molecule has 0 unspecified atom stereocenters. The molecule has 116 valence electrons. The van der Waals surface area contributed by atoms with E-state index in [0.717, 1.165) is 6.07 Å². The van der Waals surface area contributed by atoms with Gasteiger partial charge in [0.05, 0.1) is 5.69 Å². The quantitative estimate of drug-likeness (QED) is 0.442. The van der Waals surface area contributed by atoms with Crippen LogP contribution in [0.4, 0.5) is 18.9 Å². The van der Waals surface area contributed by atoms with Crippen molar-refractivity contribution in [2.24, 2.45) is 0 Å². The predicted octanol–water partition coefficient (Wildman–Crippen LogP) is 4.45. The zero-order valence-electron chi connectivity index (χ0n) is 11.5. The minimum atomic E-state index is -1.10. The van der Waals surface area contributed by atoms with E-state index < -0.39 is 17.5 Å². The Kier molecular flexibility index (Phi) is 5.33. The zero-order valence-corrected chi connectivity index (χ0v) is 13.7. The molecule has 0 saturated heterocycles. The van der Waals surface area contributed by atoms with E-state index in [0.29, 0.717) is 3.57 Å². The first kappa shape index (κ1) is 16.7. The number of hydrogen-bond donors (Lipinski definition) is 1. The molecule has 0 aromatic heterocycles. The number of halogens is 4. The Morgan fingerprint density at radius 3 is 2.55 bits per heavy atom. The van der Waals surface area contributed by atoms with Crippen molar-refractivity contribution >= 4 is 28.3 Å². The number of ether oxygens (including phenoxy) is 1. The molecule has 0 bridgehead atoms. The number of benzene rings is 2. The fourth-order valence-electron chi connectivity index (χ4n) is 1.96. The van der Waals surface area contributed by atoms with Gasteiger partial charge in [-0.2, -0.15) is 0 Å². The maximum absolute atomic E-state index is 14.0. The highest BCUT2D eigenvalue weighted by molar-refractivity contribution is 14.1. The molecule has 0 fully saturated rings. The van der Waals surface area contributed by atoms with Crippen molar-refractivity contribution in [2.45, 2.75) is 6.42 Å². The number of anilines is 1. The molecule has 0 aliphatic carbocycles. The molecule has 0 saturated carbocycles. The van der Waals surface area contributed by atoms with Crippen molar-refractivity contribution in [3.8, 4) is 5.75 Å². The smallest absolute Gasteiger partial charge is 0.164 e. The fourth-order valence-corrected chi connectivity index (χ4v) is 2.42. The van der Waals surface area contributed by atoms with Crippen LogP contribution in [0.3, 0.4) is 0 Å². The van der Waals surface area contributed by atoms with Gasteiger partial charge in [-0.25, -0.2) is 13.2 Å². The van der Waals surface area contributed by atoms with Gasteiger partial charge in [0.15, 0.2) is 11.6 Å². The Morgan fingerprint density at radius 1 is 1.18 bits per heavy atom. The monoisotopic (exact) mass is 419 g/mol. The lowest BCUT2D eigenvalue weighted by atomic mass is 10.0. The molecular weight excluding hydrogens is 406 g/mol. The van der Waals surface area contributed by atoms with E-state index >= 15 is 0 Å². The average molecular weight is 419 g/mol. The summed E-state index contributed by atoms with van der Waals surface area (Å²) in [6.07, 6.45) is 1.29. The second-order valence-electron chi connectivity index (χ2n) is 4.57. The number of hydrogen-bond acceptors (Lipinski definition) is 2. The second kappa shape index (κ2) is 7.04. The van der Waals surface area contributed by atoms with E-state index in [-0.39, 0.29) is 35.6 Å². The van der Waals surface area contributed by atoms with Crippen LogP contribution in [0, 0.1) is 21.0 Å². The van der Waals surface area contributed by atoms with Gasteiger partial charge in [-0.1, -0.05) is 18.7 Å². The lowest BCUT2D eigenvalue weighted by Crippen LogP contribution is -2.07. The minimum Gasteiger partial charge on any atom is -0.487 e. The Labute approximate surface area is 139 Å². The highest BCUT2D eigenvalue weighted by atomic mass is 127. The molecule has 22 heavy (non-hydrogen) atoms. The van der Waals surface area contributed by atoms with Crippen molar-refractivity contribution in [3.63, 3.8) is 0 Å². The minimum absolute atomic E-state index is 0.0136. The SMILES string of the molecule is C=CCOc1cc(F)c(F)c(Cc2ccc(I)cc2F)c1N. The predicted molar refractivity (Wildman–Crippen MR) is 88.4 cm³/mol. The van der Waals surface area contributed by atoms with Crippen molar-refractivity contribution in [2.75, 3.05) is 12.3 Å². The molecule has 6 heteroatoms. The van der Waals surface area contributed by atoms with Gasteiger partial charge in [-0.05, 0) is 40.3 Å². The largest absolute Gasteiger partial charge is 0.487 e. The van der Waals surface area contributed by atoms with E-state index in [1.165, 1.54) is 18.2 Å². The molecule has 2 aromatic carbocycles. The van der Waals surface area contributed by atoms with Gasteiger partial charge in [-0.3, -0.25) is 0 Å². The fraction of sp³-hybridized carbons (Fsp3) is 0.125. The van der Waals surface area contributed by atoms with Crippen molar-refractivity contribution in [1.82, 2.24) is 0 Å². The molecule has 0 heterocycles. The van der Waals surface area contributed by atoms with Gasteiger partial charge in [0.25, 0.3) is 0 Å². The Morgan fingerprint density at radius 2 is 1.91 bits per heavy atom. The first-order chi connectivity index (χ1) is 10.4. The highest BCUT2D eigenvalue weighted by Gasteiger charge is 2.19. The van der Waals surface area contributed by atoms with Crippen molar-refractivity contribution < 1.29 is 17.9 Å². The van der Waals surface area contributed by atoms with Gasteiger partial charge in [0.2, 0.25) is 0 Å². The van der Waals surface area contributed by atoms with Crippen LogP contribution in [0.1, 0.15) is 11.1 Å². The summed E-state index contributed by atoms with van der Waals surface area (Å²) in [5.74, 6) is -2.67. The molecule has 2 nitrogen and oxygen atoms in total. The maximum Gasteiger partial charge on any atom is 0.164 e. The topological polar surface area (TPSA) is 35.2 Å². The lowest BCUT2D eigenvalue weighted by Gasteiger charge is -2.14. The van der Waals surface area contributed by atoms with Crippen LogP contribution in [0.5, 0.6) is 5.75 Å². The standard InChI is InChI=1S/C16H13F3INO/c1-2-5-22-14-8-13(18)15(19)11(16(14)21)6-9-3-4-10(20)7-12(9)17/h2-4,7-8H,1,5-6,21H2. The molecule has 0 atom stereocenters. The number of nitrogen functional groups attached to an aromatic ring is 1.